The number of carbonyl (C=O) groups excluding carboxylic acids is 1. The molecular weight excluding hydrogens is 392 g/mol. The van der Waals surface area contributed by atoms with Gasteiger partial charge in [0.25, 0.3) is 0 Å². The average Bonchev–Trinajstić information content (AvgIpc) is 3.21. The quantitative estimate of drug-likeness (QED) is 0.421. The summed E-state index contributed by atoms with van der Waals surface area (Å²) in [7, 11) is 0. The molecule has 31 heavy (non-hydrogen) atoms. The van der Waals surface area contributed by atoms with E-state index >= 15 is 0 Å². The van der Waals surface area contributed by atoms with Crippen molar-refractivity contribution in [2.75, 3.05) is 6.61 Å². The fourth-order valence-electron chi connectivity index (χ4n) is 3.45. The molecule has 0 spiro atoms. The third kappa shape index (κ3) is 4.75. The van der Waals surface area contributed by atoms with Crippen molar-refractivity contribution in [1.82, 2.24) is 5.16 Å². The number of carbonyl (C=O) groups is 1. The van der Waals surface area contributed by atoms with E-state index in [1.807, 2.05) is 54.6 Å². The number of nitrogens with zero attached hydrogens (tertiary/aromatic N) is 1. The molecule has 1 aromatic heterocycles. The van der Waals surface area contributed by atoms with Crippen molar-refractivity contribution < 1.29 is 18.8 Å². The Labute approximate surface area is 180 Å². The van der Waals surface area contributed by atoms with Gasteiger partial charge in [0.05, 0.1) is 13.0 Å². The van der Waals surface area contributed by atoms with Crippen molar-refractivity contribution in [3.05, 3.63) is 83.6 Å². The molecule has 0 saturated heterocycles. The summed E-state index contributed by atoms with van der Waals surface area (Å²) < 4.78 is 16.5. The van der Waals surface area contributed by atoms with Gasteiger partial charge in [-0.3, -0.25) is 4.79 Å². The second-order valence-corrected chi connectivity index (χ2v) is 7.12. The summed E-state index contributed by atoms with van der Waals surface area (Å²) in [5.74, 6) is 0.341. The minimum Gasteiger partial charge on any atom is -0.487 e. The van der Waals surface area contributed by atoms with Gasteiger partial charge in [0.15, 0.2) is 5.58 Å². The molecule has 3 aromatic carbocycles. The van der Waals surface area contributed by atoms with Crippen LogP contribution in [-0.4, -0.2) is 17.7 Å². The van der Waals surface area contributed by atoms with E-state index < -0.39 is 0 Å². The lowest BCUT2D eigenvalue weighted by Gasteiger charge is -2.10. The number of para-hydroxylation sites is 1. The molecule has 0 aliphatic heterocycles. The first-order valence-electron chi connectivity index (χ1n) is 10.2. The van der Waals surface area contributed by atoms with Crippen molar-refractivity contribution in [3.8, 4) is 16.9 Å². The van der Waals surface area contributed by atoms with Gasteiger partial charge in [-0.05, 0) is 47.9 Å². The molecule has 0 bridgehead atoms. The summed E-state index contributed by atoms with van der Waals surface area (Å²) >= 11 is 0. The van der Waals surface area contributed by atoms with E-state index in [1.54, 1.807) is 6.92 Å². The maximum absolute atomic E-state index is 11.9. The molecule has 0 aliphatic carbocycles. The fourth-order valence-corrected chi connectivity index (χ4v) is 3.45. The molecule has 4 aromatic rings. The Morgan fingerprint density at radius 2 is 1.87 bits per heavy atom. The Kier molecular flexibility index (Phi) is 6.29. The molecule has 0 amide bonds. The van der Waals surface area contributed by atoms with Crippen molar-refractivity contribution in [3.63, 3.8) is 0 Å². The van der Waals surface area contributed by atoms with Crippen LogP contribution in [0.5, 0.6) is 5.75 Å². The van der Waals surface area contributed by atoms with Crippen LogP contribution in [0.3, 0.4) is 0 Å². The molecule has 0 unspecified atom stereocenters. The maximum Gasteiger partial charge on any atom is 0.310 e. The molecular formula is C25H24N2O4. The number of esters is 1. The van der Waals surface area contributed by atoms with E-state index in [9.17, 15) is 4.79 Å². The van der Waals surface area contributed by atoms with E-state index in [1.165, 1.54) is 0 Å². The van der Waals surface area contributed by atoms with Gasteiger partial charge < -0.3 is 19.7 Å². The van der Waals surface area contributed by atoms with E-state index in [4.69, 9.17) is 19.7 Å². The second kappa shape index (κ2) is 9.45. The van der Waals surface area contributed by atoms with Gasteiger partial charge in [0, 0.05) is 17.5 Å². The summed E-state index contributed by atoms with van der Waals surface area (Å²) in [6.45, 7) is 2.85. The number of ether oxygens (including phenoxy) is 2. The fraction of sp³-hybridized carbons (Fsp3) is 0.200. The predicted octanol–water partition coefficient (Wildman–Crippen LogP) is 4.64. The van der Waals surface area contributed by atoms with Gasteiger partial charge >= 0.3 is 5.97 Å². The van der Waals surface area contributed by atoms with E-state index in [0.717, 1.165) is 27.6 Å². The molecule has 0 radical (unpaired) electrons. The van der Waals surface area contributed by atoms with Crippen molar-refractivity contribution in [2.45, 2.75) is 26.5 Å². The summed E-state index contributed by atoms with van der Waals surface area (Å²) in [4.78, 5) is 11.9. The normalized spacial score (nSPS) is 10.9. The largest absolute Gasteiger partial charge is 0.487 e. The number of hydrogen-bond acceptors (Lipinski definition) is 6. The van der Waals surface area contributed by atoms with Gasteiger partial charge in [-0.1, -0.05) is 47.6 Å². The average molecular weight is 416 g/mol. The molecule has 0 aliphatic rings. The van der Waals surface area contributed by atoms with E-state index in [-0.39, 0.29) is 19.0 Å². The van der Waals surface area contributed by atoms with Gasteiger partial charge in [0.1, 0.15) is 18.1 Å². The lowest BCUT2D eigenvalue weighted by molar-refractivity contribution is -0.142. The Morgan fingerprint density at radius 3 is 2.71 bits per heavy atom. The summed E-state index contributed by atoms with van der Waals surface area (Å²) in [6.07, 6.45) is 0.158. The third-order valence-electron chi connectivity index (χ3n) is 5.02. The first-order chi connectivity index (χ1) is 15.2. The minimum atomic E-state index is -0.283. The highest BCUT2D eigenvalue weighted by molar-refractivity contribution is 5.85. The number of benzene rings is 3. The first kappa shape index (κ1) is 20.6. The first-order valence-corrected chi connectivity index (χ1v) is 10.2. The summed E-state index contributed by atoms with van der Waals surface area (Å²) in [5.41, 5.74) is 11.1. The highest BCUT2D eigenvalue weighted by Crippen LogP contribution is 2.28. The Hall–Kier alpha value is -3.64. The number of aromatic nitrogens is 1. The van der Waals surface area contributed by atoms with Crippen LogP contribution < -0.4 is 10.5 Å². The van der Waals surface area contributed by atoms with Gasteiger partial charge in [-0.2, -0.15) is 0 Å². The zero-order valence-electron chi connectivity index (χ0n) is 17.3. The lowest BCUT2D eigenvalue weighted by atomic mass is 10.0. The second-order valence-electron chi connectivity index (χ2n) is 7.12. The van der Waals surface area contributed by atoms with Gasteiger partial charge in [-0.15, -0.1) is 0 Å². The minimum absolute atomic E-state index is 0.158. The summed E-state index contributed by atoms with van der Waals surface area (Å²) in [6, 6.07) is 21.5. The van der Waals surface area contributed by atoms with Crippen molar-refractivity contribution >= 4 is 16.9 Å². The van der Waals surface area contributed by atoms with Crippen LogP contribution in [-0.2, 0) is 29.1 Å². The molecule has 6 nitrogen and oxygen atoms in total. The number of fused-ring (bicyclic) bond motifs is 1. The zero-order valence-corrected chi connectivity index (χ0v) is 17.3. The Balaban J connectivity index is 1.57. The molecule has 0 saturated carbocycles. The topological polar surface area (TPSA) is 87.6 Å². The van der Waals surface area contributed by atoms with Crippen LogP contribution in [0, 0.1) is 0 Å². The standard InChI is InChI=1S/C25H24N2O4/c1-2-29-25(28)14-20-7-3-4-9-23(20)30-16-22-21-13-19(10-11-24(21)31-27-22)18-8-5-6-17(12-18)15-26/h3-13H,2,14-16,26H2,1H3. The van der Waals surface area contributed by atoms with Crippen LogP contribution >= 0.6 is 0 Å². The van der Waals surface area contributed by atoms with Gasteiger partial charge in [0.2, 0.25) is 0 Å². The molecule has 2 N–H and O–H groups in total. The highest BCUT2D eigenvalue weighted by atomic mass is 16.5. The third-order valence-corrected chi connectivity index (χ3v) is 5.02. The maximum atomic E-state index is 11.9. The summed E-state index contributed by atoms with van der Waals surface area (Å²) in [5, 5.41) is 5.07. The highest BCUT2D eigenvalue weighted by Gasteiger charge is 2.13. The van der Waals surface area contributed by atoms with Crippen LogP contribution in [0.25, 0.3) is 22.1 Å². The molecule has 1 heterocycles. The molecule has 4 rings (SSSR count). The molecule has 158 valence electrons. The zero-order chi connectivity index (χ0) is 21.6. The van der Waals surface area contributed by atoms with Crippen LogP contribution in [0.4, 0.5) is 0 Å². The molecule has 0 atom stereocenters. The van der Waals surface area contributed by atoms with Crippen LogP contribution in [0.2, 0.25) is 0 Å². The van der Waals surface area contributed by atoms with E-state index in [0.29, 0.717) is 30.2 Å². The molecule has 0 fully saturated rings. The predicted molar refractivity (Wildman–Crippen MR) is 118 cm³/mol. The number of rotatable bonds is 8. The smallest absolute Gasteiger partial charge is 0.310 e. The number of nitrogens with two attached hydrogens (primary N) is 1. The van der Waals surface area contributed by atoms with Gasteiger partial charge in [-0.25, -0.2) is 0 Å². The van der Waals surface area contributed by atoms with Crippen LogP contribution in [0.15, 0.2) is 71.3 Å². The SMILES string of the molecule is CCOC(=O)Cc1ccccc1OCc1noc2ccc(-c3cccc(CN)c3)cc12. The van der Waals surface area contributed by atoms with E-state index in [2.05, 4.69) is 17.3 Å². The van der Waals surface area contributed by atoms with Crippen molar-refractivity contribution in [2.24, 2.45) is 5.73 Å². The lowest BCUT2D eigenvalue weighted by Crippen LogP contribution is -2.09. The Morgan fingerprint density at radius 1 is 1.03 bits per heavy atom. The molecule has 6 heteroatoms. The monoisotopic (exact) mass is 416 g/mol. The Bertz CT molecular complexity index is 1200. The van der Waals surface area contributed by atoms with Crippen molar-refractivity contribution in [1.29, 1.82) is 0 Å². The number of hydrogen-bond donors (Lipinski definition) is 1. The van der Waals surface area contributed by atoms with Crippen LogP contribution in [0.1, 0.15) is 23.7 Å².